The fourth-order valence-corrected chi connectivity index (χ4v) is 5.35. The topological polar surface area (TPSA) is 84.7 Å². The minimum Gasteiger partial charge on any atom is -0.486 e. The van der Waals surface area contributed by atoms with E-state index in [9.17, 15) is 14.4 Å². The molecule has 0 spiro atoms. The first-order valence-corrected chi connectivity index (χ1v) is 12.9. The van der Waals surface area contributed by atoms with Gasteiger partial charge in [0.25, 0.3) is 11.8 Å². The monoisotopic (exact) mass is 508 g/mol. The van der Waals surface area contributed by atoms with Gasteiger partial charge in [-0.25, -0.2) is 4.98 Å². The van der Waals surface area contributed by atoms with Gasteiger partial charge in [0.05, 0.1) is 22.2 Å². The van der Waals surface area contributed by atoms with Gasteiger partial charge in [-0.15, -0.1) is 0 Å². The van der Waals surface area contributed by atoms with E-state index in [1.165, 1.54) is 0 Å². The molecular formula is C30H28N4O4. The Morgan fingerprint density at radius 1 is 0.842 bits per heavy atom. The van der Waals surface area contributed by atoms with Gasteiger partial charge >= 0.3 is 0 Å². The zero-order valence-electron chi connectivity index (χ0n) is 21.0. The number of para-hydroxylation sites is 3. The lowest BCUT2D eigenvalue weighted by Gasteiger charge is -2.33. The molecule has 0 N–H and O–H groups in total. The molecule has 0 aliphatic carbocycles. The fraction of sp³-hybridized carbons (Fsp3) is 0.267. The van der Waals surface area contributed by atoms with Crippen LogP contribution in [0.2, 0.25) is 0 Å². The van der Waals surface area contributed by atoms with Gasteiger partial charge in [0.1, 0.15) is 24.7 Å². The van der Waals surface area contributed by atoms with Crippen LogP contribution in [0.25, 0.3) is 11.0 Å². The second-order valence-electron chi connectivity index (χ2n) is 9.80. The molecule has 2 aliphatic rings. The number of hydrogen-bond acceptors (Lipinski definition) is 5. The maximum Gasteiger partial charge on any atom is 0.262 e. The van der Waals surface area contributed by atoms with Crippen molar-refractivity contribution >= 4 is 28.8 Å². The highest BCUT2D eigenvalue weighted by atomic mass is 16.5. The predicted octanol–water partition coefficient (Wildman–Crippen LogP) is 4.15. The standard InChI is InChI=1S/C30H28N4O4/c35-28(19-34-29(36)23-10-4-5-11-24(23)30(34)37)32-16-14-21(15-17-32)18-33-26-13-7-6-12-25(26)31-27(33)20-38-22-8-2-1-3-9-22/h1-13,21H,14-20H2. The smallest absolute Gasteiger partial charge is 0.262 e. The van der Waals surface area contributed by atoms with Gasteiger partial charge in [0, 0.05) is 19.6 Å². The Kier molecular flexibility index (Phi) is 6.37. The van der Waals surface area contributed by atoms with E-state index in [4.69, 9.17) is 9.72 Å². The Morgan fingerprint density at radius 2 is 1.47 bits per heavy atom. The molecule has 3 aromatic carbocycles. The molecular weight excluding hydrogens is 480 g/mol. The molecule has 192 valence electrons. The SMILES string of the molecule is O=C(CN1C(=O)c2ccccc2C1=O)N1CCC(Cn2c(COc3ccccc3)nc3ccccc32)CC1. The first-order valence-electron chi connectivity index (χ1n) is 12.9. The second-order valence-corrected chi connectivity index (χ2v) is 9.80. The van der Waals surface area contributed by atoms with Crippen molar-refractivity contribution in [3.05, 3.63) is 95.8 Å². The number of benzene rings is 3. The number of fused-ring (bicyclic) bond motifs is 2. The van der Waals surface area contributed by atoms with E-state index in [1.54, 1.807) is 29.2 Å². The number of piperidine rings is 1. The van der Waals surface area contributed by atoms with Crippen LogP contribution >= 0.6 is 0 Å². The van der Waals surface area contributed by atoms with E-state index in [-0.39, 0.29) is 12.5 Å². The lowest BCUT2D eigenvalue weighted by molar-refractivity contribution is -0.132. The van der Waals surface area contributed by atoms with Crippen LogP contribution in [-0.2, 0) is 17.9 Å². The summed E-state index contributed by atoms with van der Waals surface area (Å²) in [5.74, 6) is 1.06. The summed E-state index contributed by atoms with van der Waals surface area (Å²) in [4.78, 5) is 46.0. The van der Waals surface area contributed by atoms with Crippen LogP contribution in [0, 0.1) is 5.92 Å². The molecule has 1 aromatic heterocycles. The van der Waals surface area contributed by atoms with Crippen LogP contribution in [-0.4, -0.2) is 56.7 Å². The number of carbonyl (C=O) groups is 3. The highest BCUT2D eigenvalue weighted by Gasteiger charge is 2.37. The molecule has 8 heteroatoms. The summed E-state index contributed by atoms with van der Waals surface area (Å²) in [6, 6.07) is 24.5. The molecule has 0 atom stereocenters. The number of hydrogen-bond donors (Lipinski definition) is 0. The van der Waals surface area contributed by atoms with Crippen LogP contribution in [0.4, 0.5) is 0 Å². The maximum absolute atomic E-state index is 13.0. The lowest BCUT2D eigenvalue weighted by Crippen LogP contribution is -2.46. The average Bonchev–Trinajstić information content (AvgIpc) is 3.43. The largest absolute Gasteiger partial charge is 0.486 e. The van der Waals surface area contributed by atoms with E-state index in [0.29, 0.717) is 36.7 Å². The summed E-state index contributed by atoms with van der Waals surface area (Å²) in [5.41, 5.74) is 2.74. The molecule has 0 bridgehead atoms. The summed E-state index contributed by atoms with van der Waals surface area (Å²) in [5, 5.41) is 0. The molecule has 0 saturated carbocycles. The van der Waals surface area contributed by atoms with Gasteiger partial charge in [-0.2, -0.15) is 0 Å². The van der Waals surface area contributed by atoms with E-state index in [2.05, 4.69) is 10.6 Å². The summed E-state index contributed by atoms with van der Waals surface area (Å²) >= 11 is 0. The highest BCUT2D eigenvalue weighted by molar-refractivity contribution is 6.22. The number of imide groups is 1. The number of imidazole rings is 1. The minimum atomic E-state index is -0.397. The molecule has 3 heterocycles. The van der Waals surface area contributed by atoms with Gasteiger partial charge < -0.3 is 14.2 Å². The molecule has 1 fully saturated rings. The fourth-order valence-electron chi connectivity index (χ4n) is 5.35. The number of ether oxygens (including phenoxy) is 1. The van der Waals surface area contributed by atoms with Crippen molar-refractivity contribution in [1.29, 1.82) is 0 Å². The molecule has 1 saturated heterocycles. The minimum absolute atomic E-state index is 0.192. The van der Waals surface area contributed by atoms with Crippen molar-refractivity contribution in [2.24, 2.45) is 5.92 Å². The third-order valence-electron chi connectivity index (χ3n) is 7.42. The molecule has 2 aliphatic heterocycles. The quantitative estimate of drug-likeness (QED) is 0.350. The third-order valence-corrected chi connectivity index (χ3v) is 7.42. The number of aromatic nitrogens is 2. The van der Waals surface area contributed by atoms with Crippen molar-refractivity contribution < 1.29 is 19.1 Å². The summed E-state index contributed by atoms with van der Waals surface area (Å²) in [7, 11) is 0. The zero-order valence-corrected chi connectivity index (χ0v) is 21.0. The van der Waals surface area contributed by atoms with Gasteiger partial charge in [-0.1, -0.05) is 42.5 Å². The van der Waals surface area contributed by atoms with Crippen molar-refractivity contribution in [1.82, 2.24) is 19.4 Å². The predicted molar refractivity (Wildman–Crippen MR) is 142 cm³/mol. The second kappa shape index (κ2) is 10.1. The van der Waals surface area contributed by atoms with Crippen LogP contribution in [0.1, 0.15) is 39.4 Å². The molecule has 3 amide bonds. The van der Waals surface area contributed by atoms with E-state index in [1.807, 2.05) is 48.5 Å². The van der Waals surface area contributed by atoms with E-state index in [0.717, 1.165) is 46.9 Å². The van der Waals surface area contributed by atoms with Crippen LogP contribution < -0.4 is 4.74 Å². The molecule has 0 radical (unpaired) electrons. The van der Waals surface area contributed by atoms with Crippen molar-refractivity contribution in [3.63, 3.8) is 0 Å². The molecule has 4 aromatic rings. The molecule has 8 nitrogen and oxygen atoms in total. The molecule has 0 unspecified atom stereocenters. The van der Waals surface area contributed by atoms with Gasteiger partial charge in [0.2, 0.25) is 5.91 Å². The van der Waals surface area contributed by atoms with Gasteiger partial charge in [0.15, 0.2) is 0 Å². The van der Waals surface area contributed by atoms with Gasteiger partial charge in [-0.3, -0.25) is 19.3 Å². The molecule has 38 heavy (non-hydrogen) atoms. The molecule has 6 rings (SSSR count). The summed E-state index contributed by atoms with van der Waals surface area (Å²) in [6.45, 7) is 2.12. The Balaban J connectivity index is 1.09. The normalized spacial score (nSPS) is 15.8. The number of rotatable bonds is 7. The van der Waals surface area contributed by atoms with Crippen molar-refractivity contribution in [2.45, 2.75) is 26.0 Å². The van der Waals surface area contributed by atoms with Crippen LogP contribution in [0.3, 0.4) is 0 Å². The lowest BCUT2D eigenvalue weighted by atomic mass is 9.96. The number of carbonyl (C=O) groups excluding carboxylic acids is 3. The third kappa shape index (κ3) is 4.53. The summed E-state index contributed by atoms with van der Waals surface area (Å²) in [6.07, 6.45) is 1.67. The van der Waals surface area contributed by atoms with Gasteiger partial charge in [-0.05, 0) is 55.2 Å². The van der Waals surface area contributed by atoms with Crippen LogP contribution in [0.15, 0.2) is 78.9 Å². The maximum atomic E-state index is 13.0. The average molecular weight is 509 g/mol. The van der Waals surface area contributed by atoms with Crippen molar-refractivity contribution in [2.75, 3.05) is 19.6 Å². The zero-order chi connectivity index (χ0) is 26.1. The van der Waals surface area contributed by atoms with Crippen LogP contribution in [0.5, 0.6) is 5.75 Å². The summed E-state index contributed by atoms with van der Waals surface area (Å²) < 4.78 is 8.24. The van der Waals surface area contributed by atoms with E-state index >= 15 is 0 Å². The Morgan fingerprint density at radius 3 is 2.18 bits per heavy atom. The number of likely N-dealkylation sites (tertiary alicyclic amines) is 1. The Labute approximate surface area is 220 Å². The highest BCUT2D eigenvalue weighted by Crippen LogP contribution is 2.26. The number of nitrogens with zero attached hydrogens (tertiary/aromatic N) is 4. The van der Waals surface area contributed by atoms with E-state index < -0.39 is 11.8 Å². The number of amides is 3. The Hall–Kier alpha value is -4.46. The first kappa shape index (κ1) is 23.9. The Bertz CT molecular complexity index is 1470. The first-order chi connectivity index (χ1) is 18.6. The van der Waals surface area contributed by atoms with Crippen molar-refractivity contribution in [3.8, 4) is 5.75 Å².